The third-order valence-electron chi connectivity index (χ3n) is 2.45. The lowest BCUT2D eigenvalue weighted by atomic mass is 10.1. The molecule has 1 aliphatic rings. The van der Waals surface area contributed by atoms with Gasteiger partial charge in [-0.05, 0) is 32.7 Å². The molecule has 0 saturated carbocycles. The van der Waals surface area contributed by atoms with E-state index in [1.807, 2.05) is 0 Å². The maximum absolute atomic E-state index is 11.8. The van der Waals surface area contributed by atoms with Gasteiger partial charge in [0.05, 0.1) is 6.04 Å². The molecule has 1 saturated heterocycles. The quantitative estimate of drug-likeness (QED) is 0.460. The van der Waals surface area contributed by atoms with Crippen molar-refractivity contribution in [2.75, 3.05) is 6.54 Å². The molecule has 0 radical (unpaired) electrons. The number of likely N-dealkylation sites (tertiary alicyclic amines) is 1. The third-order valence-corrected chi connectivity index (χ3v) is 2.45. The second-order valence-corrected chi connectivity index (χ2v) is 5.02. The van der Waals surface area contributed by atoms with Crippen LogP contribution >= 0.6 is 0 Å². The highest BCUT2D eigenvalue weighted by molar-refractivity contribution is 5.81. The summed E-state index contributed by atoms with van der Waals surface area (Å²) < 4.78 is 5.12. The predicted octanol–water partition coefficient (Wildman–Crippen LogP) is 1.76. The Kier molecular flexibility index (Phi) is 4.03. The van der Waals surface area contributed by atoms with Crippen LogP contribution in [0, 0.1) is 0 Å². The van der Waals surface area contributed by atoms with Crippen molar-refractivity contribution >= 4 is 12.1 Å². The highest BCUT2D eigenvalue weighted by atomic mass is 16.6. The van der Waals surface area contributed by atoms with E-state index in [2.05, 4.69) is 10.0 Å². The Labute approximate surface area is 104 Å². The lowest BCUT2D eigenvalue weighted by molar-refractivity contribution is -0.142. The maximum atomic E-state index is 11.8. The lowest BCUT2D eigenvalue weighted by Crippen LogP contribution is -2.46. The normalized spacial score (nSPS) is 23.4. The Morgan fingerprint density at radius 2 is 2.11 bits per heavy atom. The van der Waals surface area contributed by atoms with E-state index in [0.717, 1.165) is 4.90 Å². The second-order valence-electron chi connectivity index (χ2n) is 5.02. The van der Waals surface area contributed by atoms with Crippen LogP contribution in [0.5, 0.6) is 0 Å². The summed E-state index contributed by atoms with van der Waals surface area (Å²) in [7, 11) is 0. The molecular weight excluding hydrogens is 240 g/mol. The van der Waals surface area contributed by atoms with Gasteiger partial charge in [0.15, 0.2) is 0 Å². The number of hydrogen-bond acceptors (Lipinski definition) is 4. The van der Waals surface area contributed by atoms with Crippen LogP contribution in [-0.4, -0.2) is 46.3 Å². The molecule has 0 aromatic rings. The summed E-state index contributed by atoms with van der Waals surface area (Å²) in [5.41, 5.74) is 7.67. The number of nitrogens with zero attached hydrogens (tertiary/aromatic N) is 4. The number of carboxylic acid groups (broad SMARTS) is 1. The van der Waals surface area contributed by atoms with Crippen molar-refractivity contribution in [2.24, 2.45) is 5.11 Å². The fourth-order valence-corrected chi connectivity index (χ4v) is 1.79. The van der Waals surface area contributed by atoms with Crippen LogP contribution < -0.4 is 0 Å². The van der Waals surface area contributed by atoms with Gasteiger partial charge in [-0.2, -0.15) is 0 Å². The van der Waals surface area contributed by atoms with Gasteiger partial charge >= 0.3 is 12.1 Å². The van der Waals surface area contributed by atoms with Crippen molar-refractivity contribution in [1.29, 1.82) is 0 Å². The molecular formula is C10H16N4O4. The summed E-state index contributed by atoms with van der Waals surface area (Å²) in [5.74, 6) is -1.20. The summed E-state index contributed by atoms with van der Waals surface area (Å²) in [5, 5.41) is 12.5. The monoisotopic (exact) mass is 256 g/mol. The van der Waals surface area contributed by atoms with E-state index in [9.17, 15) is 9.59 Å². The zero-order valence-corrected chi connectivity index (χ0v) is 10.5. The number of rotatable bonds is 2. The third kappa shape index (κ3) is 3.27. The minimum atomic E-state index is -1.20. The van der Waals surface area contributed by atoms with Crippen molar-refractivity contribution in [3.63, 3.8) is 0 Å². The molecule has 0 spiro atoms. The molecule has 100 valence electrons. The number of azide groups is 1. The molecule has 18 heavy (non-hydrogen) atoms. The first-order valence-corrected chi connectivity index (χ1v) is 5.53. The van der Waals surface area contributed by atoms with Crippen LogP contribution in [0.2, 0.25) is 0 Å². The van der Waals surface area contributed by atoms with Crippen LogP contribution in [0.25, 0.3) is 10.4 Å². The fraction of sp³-hybridized carbons (Fsp3) is 0.800. The molecule has 0 aliphatic carbocycles. The van der Waals surface area contributed by atoms with Crippen LogP contribution in [0.3, 0.4) is 0 Å². The van der Waals surface area contributed by atoms with Crippen LogP contribution in [-0.2, 0) is 9.53 Å². The van der Waals surface area contributed by atoms with Gasteiger partial charge in [-0.15, -0.1) is 0 Å². The number of ether oxygens (including phenoxy) is 1. The Morgan fingerprint density at radius 1 is 1.50 bits per heavy atom. The van der Waals surface area contributed by atoms with Crippen LogP contribution in [0.4, 0.5) is 4.79 Å². The molecule has 1 rings (SSSR count). The van der Waals surface area contributed by atoms with Gasteiger partial charge < -0.3 is 9.84 Å². The van der Waals surface area contributed by atoms with Gasteiger partial charge in [-0.3, -0.25) is 4.90 Å². The first kappa shape index (κ1) is 14.1. The summed E-state index contributed by atoms with van der Waals surface area (Å²) in [6.07, 6.45) is -0.383. The number of carbonyl (C=O) groups excluding carboxylic acids is 1. The molecule has 8 heteroatoms. The van der Waals surface area contributed by atoms with E-state index in [0.29, 0.717) is 6.42 Å². The predicted molar refractivity (Wildman–Crippen MR) is 61.9 cm³/mol. The zero-order chi connectivity index (χ0) is 13.9. The average molecular weight is 256 g/mol. The number of carbonyl (C=O) groups is 2. The van der Waals surface area contributed by atoms with Crippen molar-refractivity contribution in [2.45, 2.75) is 44.9 Å². The molecule has 1 amide bonds. The molecule has 8 nitrogen and oxygen atoms in total. The molecule has 1 fully saturated rings. The van der Waals surface area contributed by atoms with Gasteiger partial charge in [-0.1, -0.05) is 5.11 Å². The van der Waals surface area contributed by atoms with E-state index >= 15 is 0 Å². The summed E-state index contributed by atoms with van der Waals surface area (Å²) in [4.78, 5) is 26.7. The van der Waals surface area contributed by atoms with E-state index in [4.69, 9.17) is 15.4 Å². The van der Waals surface area contributed by atoms with Crippen molar-refractivity contribution in [1.82, 2.24) is 4.90 Å². The summed E-state index contributed by atoms with van der Waals surface area (Å²) in [6.45, 7) is 5.29. The molecule has 2 atom stereocenters. The largest absolute Gasteiger partial charge is 0.480 e. The summed E-state index contributed by atoms with van der Waals surface area (Å²) >= 11 is 0. The van der Waals surface area contributed by atoms with E-state index in [1.165, 1.54) is 0 Å². The average Bonchev–Trinajstić information content (AvgIpc) is 2.59. The zero-order valence-electron chi connectivity index (χ0n) is 10.5. The van der Waals surface area contributed by atoms with Crippen molar-refractivity contribution in [3.8, 4) is 0 Å². The SMILES string of the molecule is CC(C)(C)OC(=O)N1CC[C@@H](N=[N+]=[N-])[C@H]1C(=O)O. The topological polar surface area (TPSA) is 116 Å². The van der Waals surface area contributed by atoms with Crippen LogP contribution in [0.1, 0.15) is 27.2 Å². The minimum absolute atomic E-state index is 0.204. The molecule has 1 N–H and O–H groups in total. The Hall–Kier alpha value is -1.95. The molecule has 0 bridgehead atoms. The van der Waals surface area contributed by atoms with E-state index in [-0.39, 0.29) is 6.54 Å². The highest BCUT2D eigenvalue weighted by Gasteiger charge is 2.43. The Balaban J connectivity index is 2.86. The molecule has 0 aromatic heterocycles. The smallest absolute Gasteiger partial charge is 0.411 e. The van der Waals surface area contributed by atoms with Gasteiger partial charge in [0.25, 0.3) is 0 Å². The Bertz CT molecular complexity index is 397. The van der Waals surface area contributed by atoms with E-state index < -0.39 is 29.7 Å². The number of amides is 1. The molecule has 1 heterocycles. The maximum Gasteiger partial charge on any atom is 0.411 e. The molecule has 0 unspecified atom stereocenters. The van der Waals surface area contributed by atoms with Gasteiger partial charge in [0.1, 0.15) is 11.6 Å². The van der Waals surface area contributed by atoms with Crippen molar-refractivity contribution < 1.29 is 19.4 Å². The standard InChI is InChI=1S/C10H16N4O4/c1-10(2,3)18-9(17)14-5-4-6(12-13-11)7(14)8(15)16/h6-7H,4-5H2,1-3H3,(H,15,16)/t6-,7+/m1/s1. The van der Waals surface area contributed by atoms with Gasteiger partial charge in [0.2, 0.25) is 0 Å². The molecule has 0 aromatic carbocycles. The van der Waals surface area contributed by atoms with Gasteiger partial charge in [-0.25, -0.2) is 9.59 Å². The van der Waals surface area contributed by atoms with Crippen molar-refractivity contribution in [3.05, 3.63) is 10.4 Å². The lowest BCUT2D eigenvalue weighted by Gasteiger charge is -2.27. The molecule has 1 aliphatic heterocycles. The Morgan fingerprint density at radius 3 is 2.56 bits per heavy atom. The first-order valence-electron chi connectivity index (χ1n) is 5.53. The fourth-order valence-electron chi connectivity index (χ4n) is 1.79. The van der Waals surface area contributed by atoms with E-state index in [1.54, 1.807) is 20.8 Å². The minimum Gasteiger partial charge on any atom is -0.480 e. The van der Waals surface area contributed by atoms with Crippen LogP contribution in [0.15, 0.2) is 5.11 Å². The number of aliphatic carboxylic acids is 1. The number of hydrogen-bond donors (Lipinski definition) is 1. The first-order chi connectivity index (χ1) is 8.26. The summed E-state index contributed by atoms with van der Waals surface area (Å²) in [6, 6.07) is -1.91. The second kappa shape index (κ2) is 5.14. The highest BCUT2D eigenvalue weighted by Crippen LogP contribution is 2.24. The van der Waals surface area contributed by atoms with Gasteiger partial charge in [0, 0.05) is 11.5 Å². The number of carboxylic acids is 1.